The van der Waals surface area contributed by atoms with Crippen molar-refractivity contribution in [1.82, 2.24) is 9.88 Å². The molecular weight excluding hydrogens is 280 g/mol. The summed E-state index contributed by atoms with van der Waals surface area (Å²) in [6, 6.07) is 6.13. The zero-order valence-electron chi connectivity index (χ0n) is 13.1. The number of carbonyl (C=O) groups excluding carboxylic acids is 1. The molecule has 5 nitrogen and oxygen atoms in total. The van der Waals surface area contributed by atoms with E-state index in [9.17, 15) is 4.79 Å². The highest BCUT2D eigenvalue weighted by atomic mass is 16.7. The Morgan fingerprint density at radius 3 is 2.77 bits per heavy atom. The van der Waals surface area contributed by atoms with Crippen molar-refractivity contribution in [2.75, 3.05) is 6.54 Å². The van der Waals surface area contributed by atoms with E-state index in [0.717, 1.165) is 12.1 Å². The summed E-state index contributed by atoms with van der Waals surface area (Å²) < 4.78 is 11.0. The Bertz CT molecular complexity index is 550. The molecule has 2 aliphatic heterocycles. The van der Waals surface area contributed by atoms with Crippen LogP contribution in [-0.4, -0.2) is 34.7 Å². The minimum Gasteiger partial charge on any atom is -0.459 e. The fraction of sp³-hybridized carbons (Fsp3) is 0.529. The van der Waals surface area contributed by atoms with Crippen molar-refractivity contribution in [2.45, 2.75) is 50.9 Å². The third kappa shape index (κ3) is 2.80. The molecule has 0 N–H and O–H groups in total. The Hall–Kier alpha value is -2.04. The third-order valence-electron chi connectivity index (χ3n) is 4.52. The van der Waals surface area contributed by atoms with Crippen molar-refractivity contribution in [2.24, 2.45) is 0 Å². The molecule has 1 saturated heterocycles. The molecule has 22 heavy (non-hydrogen) atoms. The highest BCUT2D eigenvalue weighted by molar-refractivity contribution is 5.77. The number of hydrogen-bond acceptors (Lipinski definition) is 4. The summed E-state index contributed by atoms with van der Waals surface area (Å²) >= 11 is 0. The van der Waals surface area contributed by atoms with Crippen LogP contribution in [-0.2, 0) is 19.7 Å². The Morgan fingerprint density at radius 2 is 2.14 bits per heavy atom. The van der Waals surface area contributed by atoms with E-state index in [1.807, 2.05) is 29.3 Å². The zero-order chi connectivity index (χ0) is 15.6. The lowest BCUT2D eigenvalue weighted by Gasteiger charge is -2.44. The van der Waals surface area contributed by atoms with Crippen LogP contribution in [0.2, 0.25) is 0 Å². The van der Waals surface area contributed by atoms with Gasteiger partial charge in [0.25, 0.3) is 0 Å². The van der Waals surface area contributed by atoms with E-state index in [1.54, 1.807) is 12.5 Å². The number of piperidine rings is 1. The van der Waals surface area contributed by atoms with Crippen molar-refractivity contribution in [3.05, 3.63) is 42.6 Å². The Kier molecular flexibility index (Phi) is 4.05. The highest BCUT2D eigenvalue weighted by Crippen LogP contribution is 2.39. The molecule has 1 aromatic rings. The van der Waals surface area contributed by atoms with Gasteiger partial charge in [0.15, 0.2) is 0 Å². The minimum atomic E-state index is -0.302. The second-order valence-corrected chi connectivity index (χ2v) is 6.29. The van der Waals surface area contributed by atoms with Gasteiger partial charge >= 0.3 is 0 Å². The number of hydrogen-bond donors (Lipinski definition) is 0. The third-order valence-corrected chi connectivity index (χ3v) is 4.52. The van der Waals surface area contributed by atoms with Crippen LogP contribution in [0.3, 0.4) is 0 Å². The molecule has 118 valence electrons. The van der Waals surface area contributed by atoms with Crippen molar-refractivity contribution < 1.29 is 14.3 Å². The summed E-state index contributed by atoms with van der Waals surface area (Å²) in [7, 11) is 0. The maximum Gasteiger partial charge on any atom is 0.240 e. The smallest absolute Gasteiger partial charge is 0.240 e. The van der Waals surface area contributed by atoms with Crippen LogP contribution in [0, 0.1) is 0 Å². The summed E-state index contributed by atoms with van der Waals surface area (Å²) in [6.45, 7) is 4.76. The quantitative estimate of drug-likeness (QED) is 0.858. The molecule has 1 unspecified atom stereocenters. The van der Waals surface area contributed by atoms with Gasteiger partial charge in [0.1, 0.15) is 12.5 Å². The van der Waals surface area contributed by atoms with Crippen molar-refractivity contribution in [1.29, 1.82) is 0 Å². The summed E-state index contributed by atoms with van der Waals surface area (Å²) in [6.07, 6.45) is 6.65. The lowest BCUT2D eigenvalue weighted by atomic mass is 9.73. The number of rotatable bonds is 4. The zero-order valence-corrected chi connectivity index (χ0v) is 13.1. The molecule has 1 aromatic heterocycles. The average molecular weight is 302 g/mol. The molecule has 1 amide bonds. The Morgan fingerprint density at radius 1 is 1.36 bits per heavy atom. The van der Waals surface area contributed by atoms with Gasteiger partial charge in [-0.25, -0.2) is 0 Å². The monoisotopic (exact) mass is 302 g/mol. The predicted molar refractivity (Wildman–Crippen MR) is 81.7 cm³/mol. The molecule has 0 radical (unpaired) electrons. The van der Waals surface area contributed by atoms with E-state index >= 15 is 0 Å². The largest absolute Gasteiger partial charge is 0.459 e. The van der Waals surface area contributed by atoms with E-state index in [1.165, 1.54) is 0 Å². The molecule has 1 atom stereocenters. The first-order valence-electron chi connectivity index (χ1n) is 7.78. The summed E-state index contributed by atoms with van der Waals surface area (Å²) in [5.41, 5.74) is 0.781. The average Bonchev–Trinajstić information content (AvgIpc) is 3.03. The maximum absolute atomic E-state index is 12.2. The van der Waals surface area contributed by atoms with Crippen LogP contribution < -0.4 is 0 Å². The lowest BCUT2D eigenvalue weighted by molar-refractivity contribution is -0.139. The van der Waals surface area contributed by atoms with Gasteiger partial charge < -0.3 is 14.4 Å². The van der Waals surface area contributed by atoms with E-state index < -0.39 is 0 Å². The summed E-state index contributed by atoms with van der Waals surface area (Å²) in [5, 5.41) is 0. The molecule has 5 heteroatoms. The molecular formula is C17H22N2O3. The van der Waals surface area contributed by atoms with Crippen LogP contribution in [0.4, 0.5) is 0 Å². The number of likely N-dealkylation sites (tertiary alicyclic amines) is 1. The van der Waals surface area contributed by atoms with Crippen LogP contribution in [0.15, 0.2) is 36.9 Å². The van der Waals surface area contributed by atoms with Crippen LogP contribution in [0.5, 0.6) is 0 Å². The number of aromatic nitrogens is 1. The molecule has 0 aromatic carbocycles. The van der Waals surface area contributed by atoms with Crippen molar-refractivity contribution in [3.8, 4) is 0 Å². The van der Waals surface area contributed by atoms with E-state index in [2.05, 4.69) is 18.8 Å². The number of nitrogens with zero attached hydrogens (tertiary/aromatic N) is 2. The summed E-state index contributed by atoms with van der Waals surface area (Å²) in [5.74, 6) is 0.216. The Balaban J connectivity index is 1.90. The highest BCUT2D eigenvalue weighted by Gasteiger charge is 2.44. The maximum atomic E-state index is 12.2. The SMILES string of the molecule is CC(C)N1CC(CC2OC=CO2)(c2ccccn2)CCC1=O. The first-order valence-corrected chi connectivity index (χ1v) is 7.78. The molecule has 0 aliphatic carbocycles. The molecule has 2 aliphatic rings. The molecule has 1 fully saturated rings. The van der Waals surface area contributed by atoms with Crippen molar-refractivity contribution >= 4 is 5.91 Å². The number of amides is 1. The predicted octanol–water partition coefficient (Wildman–Crippen LogP) is 2.58. The van der Waals surface area contributed by atoms with Crippen LogP contribution >= 0.6 is 0 Å². The van der Waals surface area contributed by atoms with Gasteiger partial charge in [-0.15, -0.1) is 0 Å². The van der Waals surface area contributed by atoms with Crippen LogP contribution in [0.1, 0.15) is 38.8 Å². The first-order chi connectivity index (χ1) is 10.6. The molecule has 3 rings (SSSR count). The molecule has 0 saturated carbocycles. The van der Waals surface area contributed by atoms with Gasteiger partial charge in [0.2, 0.25) is 12.2 Å². The van der Waals surface area contributed by atoms with Gasteiger partial charge in [-0.2, -0.15) is 0 Å². The molecule has 3 heterocycles. The fourth-order valence-electron chi connectivity index (χ4n) is 3.30. The van der Waals surface area contributed by atoms with E-state index in [-0.39, 0.29) is 23.7 Å². The fourth-order valence-corrected chi connectivity index (χ4v) is 3.30. The van der Waals surface area contributed by atoms with Gasteiger partial charge in [-0.1, -0.05) is 6.07 Å². The van der Waals surface area contributed by atoms with E-state index in [0.29, 0.717) is 19.4 Å². The number of pyridine rings is 1. The molecule has 0 bridgehead atoms. The van der Waals surface area contributed by atoms with Gasteiger partial charge in [-0.05, 0) is 32.4 Å². The van der Waals surface area contributed by atoms with Crippen molar-refractivity contribution in [3.63, 3.8) is 0 Å². The van der Waals surface area contributed by atoms with Gasteiger partial charge in [0, 0.05) is 42.7 Å². The molecule has 0 spiro atoms. The second-order valence-electron chi connectivity index (χ2n) is 6.29. The van der Waals surface area contributed by atoms with Gasteiger partial charge in [-0.3, -0.25) is 9.78 Å². The summed E-state index contributed by atoms with van der Waals surface area (Å²) in [4.78, 5) is 18.7. The number of ether oxygens (including phenoxy) is 2. The topological polar surface area (TPSA) is 51.7 Å². The van der Waals surface area contributed by atoms with Gasteiger partial charge in [0.05, 0.1) is 0 Å². The normalized spacial score (nSPS) is 25.4. The standard InChI is InChI=1S/C17H22N2O3/c1-13(2)19-12-17(7-6-15(19)20,11-16-21-9-10-22-16)14-5-3-4-8-18-14/h3-5,8-10,13,16H,6-7,11-12H2,1-2H3. The van der Waals surface area contributed by atoms with Crippen LogP contribution in [0.25, 0.3) is 0 Å². The van der Waals surface area contributed by atoms with E-state index in [4.69, 9.17) is 9.47 Å². The second kappa shape index (κ2) is 5.99. The minimum absolute atomic E-state index is 0.180. The number of carbonyl (C=O) groups is 1. The lowest BCUT2D eigenvalue weighted by Crippen LogP contribution is -2.53. The first kappa shape index (κ1) is 14.9. The Labute approximate surface area is 130 Å².